The summed E-state index contributed by atoms with van der Waals surface area (Å²) in [5, 5.41) is 3.31. The van der Waals surface area contributed by atoms with E-state index in [4.69, 9.17) is 4.74 Å². The van der Waals surface area contributed by atoms with Crippen LogP contribution in [0.5, 0.6) is 0 Å². The van der Waals surface area contributed by atoms with Crippen molar-refractivity contribution in [2.24, 2.45) is 0 Å². The molecule has 1 heterocycles. The monoisotopic (exact) mass is 465 g/mol. The van der Waals surface area contributed by atoms with Crippen molar-refractivity contribution >= 4 is 23.5 Å². The number of carbonyl (C=O) groups is 2. The Bertz CT molecular complexity index is 1110. The summed E-state index contributed by atoms with van der Waals surface area (Å²) < 4.78 is 20.5. The highest BCUT2D eigenvalue weighted by atomic mass is 32.2. The first kappa shape index (κ1) is 23.3. The molecule has 1 N–H and O–H groups in total. The molecule has 4 rings (SSSR count). The number of thioether (sulfide) groups is 1. The zero-order chi connectivity index (χ0) is 23.4. The van der Waals surface area contributed by atoms with Crippen molar-refractivity contribution in [2.45, 2.75) is 38.5 Å². The molecule has 0 bridgehead atoms. The van der Waals surface area contributed by atoms with Gasteiger partial charge in [-0.25, -0.2) is 9.18 Å². The zero-order valence-electron chi connectivity index (χ0n) is 18.9. The first-order valence-electron chi connectivity index (χ1n) is 11.3. The molecule has 2 aliphatic rings. The van der Waals surface area contributed by atoms with Gasteiger partial charge in [-0.3, -0.25) is 4.79 Å². The number of nitrogens with one attached hydrogen (secondary N) is 1. The molecule has 1 aliphatic heterocycles. The average molecular weight is 466 g/mol. The molecule has 0 spiro atoms. The Kier molecular flexibility index (Phi) is 7.33. The van der Waals surface area contributed by atoms with Crippen LogP contribution >= 0.6 is 11.8 Å². The third kappa shape index (κ3) is 4.91. The van der Waals surface area contributed by atoms with Crippen LogP contribution in [0.2, 0.25) is 0 Å². The van der Waals surface area contributed by atoms with Crippen molar-refractivity contribution in [2.75, 3.05) is 18.1 Å². The summed E-state index contributed by atoms with van der Waals surface area (Å²) in [6.45, 7) is 4.11. The molecule has 6 heteroatoms. The molecule has 0 aromatic heterocycles. The number of ketones is 1. The van der Waals surface area contributed by atoms with Crippen LogP contribution < -0.4 is 5.32 Å². The van der Waals surface area contributed by atoms with E-state index in [1.807, 2.05) is 37.3 Å². The molecule has 0 fully saturated rings. The van der Waals surface area contributed by atoms with Gasteiger partial charge >= 0.3 is 5.97 Å². The van der Waals surface area contributed by atoms with E-state index in [0.717, 1.165) is 17.0 Å². The zero-order valence-corrected chi connectivity index (χ0v) is 19.7. The van der Waals surface area contributed by atoms with Crippen molar-refractivity contribution in [3.8, 4) is 0 Å². The number of hydrogen-bond acceptors (Lipinski definition) is 5. The number of dihydropyridines is 1. The Morgan fingerprint density at radius 2 is 1.85 bits per heavy atom. The van der Waals surface area contributed by atoms with Gasteiger partial charge in [-0.05, 0) is 36.6 Å². The smallest absolute Gasteiger partial charge is 0.336 e. The fourth-order valence-electron chi connectivity index (χ4n) is 4.71. The highest BCUT2D eigenvalue weighted by Crippen LogP contribution is 2.46. The minimum Gasteiger partial charge on any atom is -0.461 e. The van der Waals surface area contributed by atoms with Gasteiger partial charge in [-0.2, -0.15) is 11.8 Å². The molecule has 33 heavy (non-hydrogen) atoms. The number of esters is 1. The molecular weight excluding hydrogens is 437 g/mol. The lowest BCUT2D eigenvalue weighted by atomic mass is 9.71. The first-order chi connectivity index (χ1) is 16.0. The van der Waals surface area contributed by atoms with Crippen LogP contribution in [0, 0.1) is 5.82 Å². The summed E-state index contributed by atoms with van der Waals surface area (Å²) in [4.78, 5) is 26.6. The molecule has 0 unspecified atom stereocenters. The summed E-state index contributed by atoms with van der Waals surface area (Å²) in [6.07, 6.45) is 0.951. The maximum absolute atomic E-state index is 15.0. The number of carbonyl (C=O) groups excluding carboxylic acids is 2. The van der Waals surface area contributed by atoms with Gasteiger partial charge < -0.3 is 10.1 Å². The minimum absolute atomic E-state index is 0.0404. The van der Waals surface area contributed by atoms with Crippen molar-refractivity contribution in [3.05, 3.63) is 94.1 Å². The topological polar surface area (TPSA) is 55.4 Å². The van der Waals surface area contributed by atoms with E-state index < -0.39 is 17.7 Å². The molecule has 0 saturated carbocycles. The summed E-state index contributed by atoms with van der Waals surface area (Å²) in [5.41, 5.74) is 3.59. The fourth-order valence-corrected chi connectivity index (χ4v) is 5.20. The third-order valence-electron chi connectivity index (χ3n) is 6.20. The van der Waals surface area contributed by atoms with Crippen molar-refractivity contribution in [1.82, 2.24) is 5.32 Å². The second kappa shape index (κ2) is 10.4. The van der Waals surface area contributed by atoms with Gasteiger partial charge in [0.25, 0.3) is 0 Å². The number of benzene rings is 2. The van der Waals surface area contributed by atoms with Crippen molar-refractivity contribution in [3.63, 3.8) is 0 Å². The fraction of sp³-hybridized carbons (Fsp3) is 0.333. The molecular formula is C27H28FNO3S. The standard InChI is InChI=1S/C27H28FNO3S/c1-3-33-14-13-32-27(31)24-17(2)29-22-15-19(18-9-5-4-6-10-18)16-23(30)26(22)25(24)20-11-7-8-12-21(20)28/h4-12,19,25,29H,3,13-16H2,1-2H3/t19-,25+/m1/s1. The molecule has 172 valence electrons. The lowest BCUT2D eigenvalue weighted by molar-refractivity contribution is -0.138. The maximum atomic E-state index is 15.0. The normalized spacial score (nSPS) is 20.4. The van der Waals surface area contributed by atoms with Gasteiger partial charge in [-0.1, -0.05) is 55.5 Å². The minimum atomic E-state index is -0.780. The van der Waals surface area contributed by atoms with E-state index in [9.17, 15) is 14.0 Å². The quantitative estimate of drug-likeness (QED) is 0.433. The Labute approximate surface area is 198 Å². The Morgan fingerprint density at radius 3 is 2.58 bits per heavy atom. The first-order valence-corrected chi connectivity index (χ1v) is 12.4. The molecule has 2 aromatic rings. The largest absolute Gasteiger partial charge is 0.461 e. The van der Waals surface area contributed by atoms with Crippen LogP contribution in [-0.4, -0.2) is 29.9 Å². The third-order valence-corrected chi connectivity index (χ3v) is 7.06. The Hall–Kier alpha value is -2.86. The number of Topliss-reactive ketones (excluding diaryl/α,β-unsaturated/α-hetero) is 1. The summed E-state index contributed by atoms with van der Waals surface area (Å²) in [5.74, 6) is -0.116. The predicted octanol–water partition coefficient (Wildman–Crippen LogP) is 5.48. The van der Waals surface area contributed by atoms with E-state index in [1.54, 1.807) is 36.9 Å². The van der Waals surface area contributed by atoms with Crippen LogP contribution in [0.1, 0.15) is 49.7 Å². The van der Waals surface area contributed by atoms with E-state index in [0.29, 0.717) is 41.0 Å². The lowest BCUT2D eigenvalue weighted by Gasteiger charge is -2.36. The molecule has 2 atom stereocenters. The van der Waals surface area contributed by atoms with Crippen LogP contribution in [-0.2, 0) is 14.3 Å². The molecule has 0 amide bonds. The second-order valence-electron chi connectivity index (χ2n) is 8.28. The van der Waals surface area contributed by atoms with E-state index in [2.05, 4.69) is 5.32 Å². The molecule has 0 radical (unpaired) electrons. The number of halogens is 1. The van der Waals surface area contributed by atoms with Crippen LogP contribution in [0.15, 0.2) is 77.1 Å². The second-order valence-corrected chi connectivity index (χ2v) is 9.68. The number of rotatable bonds is 7. The molecule has 1 aliphatic carbocycles. The highest BCUT2D eigenvalue weighted by Gasteiger charge is 2.42. The number of ether oxygens (including phenoxy) is 1. The van der Waals surface area contributed by atoms with Gasteiger partial charge in [-0.15, -0.1) is 0 Å². The Balaban J connectivity index is 1.73. The summed E-state index contributed by atoms with van der Waals surface area (Å²) in [6, 6.07) is 16.3. The van der Waals surface area contributed by atoms with Crippen LogP contribution in [0.25, 0.3) is 0 Å². The molecule has 0 saturated heterocycles. The van der Waals surface area contributed by atoms with Crippen LogP contribution in [0.4, 0.5) is 4.39 Å². The Morgan fingerprint density at radius 1 is 1.12 bits per heavy atom. The lowest BCUT2D eigenvalue weighted by Crippen LogP contribution is -2.36. The molecule has 4 nitrogen and oxygen atoms in total. The van der Waals surface area contributed by atoms with Gasteiger partial charge in [0.1, 0.15) is 12.4 Å². The maximum Gasteiger partial charge on any atom is 0.336 e. The summed E-state index contributed by atoms with van der Waals surface area (Å²) >= 11 is 1.68. The molecule has 2 aromatic carbocycles. The van der Waals surface area contributed by atoms with E-state index in [-0.39, 0.29) is 18.3 Å². The van der Waals surface area contributed by atoms with Crippen molar-refractivity contribution in [1.29, 1.82) is 0 Å². The number of hydrogen-bond donors (Lipinski definition) is 1. The highest BCUT2D eigenvalue weighted by molar-refractivity contribution is 7.99. The summed E-state index contributed by atoms with van der Waals surface area (Å²) in [7, 11) is 0. The predicted molar refractivity (Wildman–Crippen MR) is 129 cm³/mol. The number of allylic oxidation sites excluding steroid dienone is 3. The average Bonchev–Trinajstić information content (AvgIpc) is 2.81. The van der Waals surface area contributed by atoms with Crippen LogP contribution in [0.3, 0.4) is 0 Å². The SMILES string of the molecule is CCSCCOC(=O)C1=C(C)NC2=C(C(=O)C[C@H](c3ccccc3)C2)[C@H]1c1ccccc1F. The van der Waals surface area contributed by atoms with Gasteiger partial charge in [0.2, 0.25) is 0 Å². The van der Waals surface area contributed by atoms with E-state index >= 15 is 0 Å². The van der Waals surface area contributed by atoms with Gasteiger partial charge in [0, 0.05) is 34.7 Å². The van der Waals surface area contributed by atoms with Gasteiger partial charge in [0.05, 0.1) is 11.5 Å². The van der Waals surface area contributed by atoms with Crippen molar-refractivity contribution < 1.29 is 18.7 Å². The van der Waals surface area contributed by atoms with E-state index in [1.165, 1.54) is 6.07 Å². The van der Waals surface area contributed by atoms with Gasteiger partial charge in [0.15, 0.2) is 5.78 Å².